The SMILES string of the molecule is CCCCCCCCCCCCCCCCCCC(=O)O[C@@H](COC(=O)CCCCCCCCCCCCC(C)CC)COC(=O)CCCCCCCCCC(C)C. The van der Waals surface area contributed by atoms with Crippen molar-refractivity contribution in [1.82, 2.24) is 0 Å². The van der Waals surface area contributed by atoms with Crippen LogP contribution in [-0.4, -0.2) is 37.2 Å². The molecule has 0 aromatic heterocycles. The molecule has 0 spiro atoms. The first-order valence-electron chi connectivity index (χ1n) is 25.8. The van der Waals surface area contributed by atoms with Gasteiger partial charge in [0.1, 0.15) is 13.2 Å². The summed E-state index contributed by atoms with van der Waals surface area (Å²) in [6, 6.07) is 0. The fourth-order valence-corrected chi connectivity index (χ4v) is 7.78. The minimum Gasteiger partial charge on any atom is -0.462 e. The Morgan fingerprint density at radius 3 is 0.983 bits per heavy atom. The highest BCUT2D eigenvalue weighted by Crippen LogP contribution is 2.18. The lowest BCUT2D eigenvalue weighted by molar-refractivity contribution is -0.167. The van der Waals surface area contributed by atoms with E-state index < -0.39 is 6.10 Å². The van der Waals surface area contributed by atoms with E-state index in [0.29, 0.717) is 19.3 Å². The average molecular weight is 821 g/mol. The lowest BCUT2D eigenvalue weighted by Crippen LogP contribution is -2.30. The zero-order chi connectivity index (χ0) is 42.6. The van der Waals surface area contributed by atoms with Gasteiger partial charge in [0.2, 0.25) is 0 Å². The van der Waals surface area contributed by atoms with Gasteiger partial charge in [0, 0.05) is 19.3 Å². The molecule has 0 radical (unpaired) electrons. The van der Waals surface area contributed by atoms with Gasteiger partial charge in [0.15, 0.2) is 6.10 Å². The minimum absolute atomic E-state index is 0.0645. The van der Waals surface area contributed by atoms with Crippen LogP contribution < -0.4 is 0 Å². The topological polar surface area (TPSA) is 78.9 Å². The molecule has 0 aliphatic heterocycles. The largest absolute Gasteiger partial charge is 0.462 e. The van der Waals surface area contributed by atoms with E-state index in [4.69, 9.17) is 14.2 Å². The molecule has 0 aliphatic rings. The Labute approximate surface area is 361 Å². The van der Waals surface area contributed by atoms with Crippen molar-refractivity contribution in [1.29, 1.82) is 0 Å². The fraction of sp³-hybridized carbons (Fsp3) is 0.942. The molecule has 0 bridgehead atoms. The Balaban J connectivity index is 4.30. The van der Waals surface area contributed by atoms with Crippen LogP contribution in [0.4, 0.5) is 0 Å². The Morgan fingerprint density at radius 1 is 0.362 bits per heavy atom. The minimum atomic E-state index is -0.762. The summed E-state index contributed by atoms with van der Waals surface area (Å²) < 4.78 is 16.8. The monoisotopic (exact) mass is 821 g/mol. The van der Waals surface area contributed by atoms with Gasteiger partial charge in [-0.25, -0.2) is 0 Å². The van der Waals surface area contributed by atoms with Gasteiger partial charge in [-0.2, -0.15) is 0 Å². The predicted molar refractivity (Wildman–Crippen MR) is 247 cm³/mol. The average Bonchev–Trinajstić information content (AvgIpc) is 3.21. The number of hydrogen-bond donors (Lipinski definition) is 0. The first kappa shape index (κ1) is 56.4. The molecule has 0 aromatic carbocycles. The second-order valence-electron chi connectivity index (χ2n) is 18.5. The molecular weight excluding hydrogens is 721 g/mol. The molecule has 6 heteroatoms. The van der Waals surface area contributed by atoms with E-state index in [1.165, 1.54) is 173 Å². The number of hydrogen-bond acceptors (Lipinski definition) is 6. The first-order chi connectivity index (χ1) is 28.3. The maximum Gasteiger partial charge on any atom is 0.306 e. The standard InChI is InChI=1S/C52H100O6/c1-6-8-9-10-11-12-13-14-15-16-17-18-23-28-34-39-44-52(55)58-49(46-57-51(54)43-38-33-29-24-25-30-35-40-47(3)4)45-56-50(53)42-37-32-27-22-20-19-21-26-31-36-41-48(5)7-2/h47-49H,6-46H2,1-5H3/t48?,49-/m0/s1. The third kappa shape index (κ3) is 44.0. The number of ether oxygens (including phenoxy) is 3. The van der Waals surface area contributed by atoms with Gasteiger partial charge in [-0.1, -0.05) is 247 Å². The Morgan fingerprint density at radius 2 is 0.655 bits per heavy atom. The summed E-state index contributed by atoms with van der Waals surface area (Å²) in [5.74, 6) is 0.799. The summed E-state index contributed by atoms with van der Waals surface area (Å²) in [6.07, 6.45) is 45.2. The second-order valence-corrected chi connectivity index (χ2v) is 18.5. The van der Waals surface area contributed by atoms with Crippen molar-refractivity contribution in [2.24, 2.45) is 11.8 Å². The van der Waals surface area contributed by atoms with Crippen molar-refractivity contribution >= 4 is 17.9 Å². The molecule has 0 saturated heterocycles. The molecule has 0 heterocycles. The van der Waals surface area contributed by atoms with Gasteiger partial charge >= 0.3 is 17.9 Å². The molecule has 0 fully saturated rings. The Bertz CT molecular complexity index is 887. The van der Waals surface area contributed by atoms with Gasteiger partial charge in [-0.15, -0.1) is 0 Å². The zero-order valence-corrected chi connectivity index (χ0v) is 39.7. The molecule has 0 N–H and O–H groups in total. The van der Waals surface area contributed by atoms with Crippen molar-refractivity contribution < 1.29 is 28.6 Å². The summed E-state index contributed by atoms with van der Waals surface area (Å²) in [5.41, 5.74) is 0. The van der Waals surface area contributed by atoms with Crippen LogP contribution in [0.25, 0.3) is 0 Å². The third-order valence-corrected chi connectivity index (χ3v) is 12.1. The van der Waals surface area contributed by atoms with E-state index in [1.807, 2.05) is 0 Å². The lowest BCUT2D eigenvalue weighted by Gasteiger charge is -2.18. The van der Waals surface area contributed by atoms with E-state index in [-0.39, 0.29) is 31.1 Å². The van der Waals surface area contributed by atoms with Crippen LogP contribution in [0.5, 0.6) is 0 Å². The van der Waals surface area contributed by atoms with Gasteiger partial charge < -0.3 is 14.2 Å². The van der Waals surface area contributed by atoms with Crippen LogP contribution in [0.2, 0.25) is 0 Å². The van der Waals surface area contributed by atoms with Crippen molar-refractivity contribution in [3.63, 3.8) is 0 Å². The molecule has 2 atom stereocenters. The summed E-state index contributed by atoms with van der Waals surface area (Å²) >= 11 is 0. The smallest absolute Gasteiger partial charge is 0.306 e. The second kappa shape index (κ2) is 44.9. The van der Waals surface area contributed by atoms with Crippen LogP contribution in [0.15, 0.2) is 0 Å². The lowest BCUT2D eigenvalue weighted by atomic mass is 9.99. The van der Waals surface area contributed by atoms with Gasteiger partial charge in [-0.05, 0) is 31.1 Å². The first-order valence-corrected chi connectivity index (χ1v) is 25.8. The van der Waals surface area contributed by atoms with E-state index in [9.17, 15) is 14.4 Å². The van der Waals surface area contributed by atoms with Crippen LogP contribution in [0, 0.1) is 11.8 Å². The number of rotatable bonds is 46. The zero-order valence-electron chi connectivity index (χ0n) is 39.7. The van der Waals surface area contributed by atoms with Crippen LogP contribution in [0.3, 0.4) is 0 Å². The van der Waals surface area contributed by atoms with E-state index in [2.05, 4.69) is 34.6 Å². The normalized spacial score (nSPS) is 12.5. The van der Waals surface area contributed by atoms with Crippen LogP contribution >= 0.6 is 0 Å². The highest BCUT2D eigenvalue weighted by atomic mass is 16.6. The summed E-state index contributed by atoms with van der Waals surface area (Å²) in [7, 11) is 0. The highest BCUT2D eigenvalue weighted by molar-refractivity contribution is 5.71. The molecule has 0 saturated carbocycles. The van der Waals surface area contributed by atoms with E-state index >= 15 is 0 Å². The Hall–Kier alpha value is -1.59. The fourth-order valence-electron chi connectivity index (χ4n) is 7.78. The summed E-state index contributed by atoms with van der Waals surface area (Å²) in [6.45, 7) is 11.3. The molecule has 344 valence electrons. The molecule has 0 aromatic rings. The number of unbranched alkanes of at least 4 members (excludes halogenated alkanes) is 30. The van der Waals surface area contributed by atoms with Crippen molar-refractivity contribution in [3.05, 3.63) is 0 Å². The molecule has 0 amide bonds. The van der Waals surface area contributed by atoms with Crippen molar-refractivity contribution in [2.45, 2.75) is 291 Å². The predicted octanol–water partition coefficient (Wildman–Crippen LogP) is 16.5. The van der Waals surface area contributed by atoms with E-state index in [1.54, 1.807) is 0 Å². The van der Waals surface area contributed by atoms with Crippen LogP contribution in [-0.2, 0) is 28.6 Å². The maximum absolute atomic E-state index is 12.8. The van der Waals surface area contributed by atoms with Crippen molar-refractivity contribution in [2.75, 3.05) is 13.2 Å². The number of carbonyl (C=O) groups is 3. The number of carbonyl (C=O) groups excluding carboxylic acids is 3. The van der Waals surface area contributed by atoms with E-state index in [0.717, 1.165) is 69.6 Å². The molecule has 58 heavy (non-hydrogen) atoms. The molecule has 1 unspecified atom stereocenters. The molecule has 0 rings (SSSR count). The van der Waals surface area contributed by atoms with Gasteiger partial charge in [0.05, 0.1) is 0 Å². The van der Waals surface area contributed by atoms with Crippen LogP contribution in [0.1, 0.15) is 285 Å². The summed E-state index contributed by atoms with van der Waals surface area (Å²) in [4.78, 5) is 37.9. The highest BCUT2D eigenvalue weighted by Gasteiger charge is 2.19. The van der Waals surface area contributed by atoms with Crippen molar-refractivity contribution in [3.8, 4) is 0 Å². The maximum atomic E-state index is 12.8. The number of esters is 3. The van der Waals surface area contributed by atoms with Gasteiger partial charge in [-0.3, -0.25) is 14.4 Å². The quantitative estimate of drug-likeness (QED) is 0.0346. The molecular formula is C52H100O6. The van der Waals surface area contributed by atoms with Gasteiger partial charge in [0.25, 0.3) is 0 Å². The molecule has 6 nitrogen and oxygen atoms in total. The molecule has 0 aliphatic carbocycles. The Kier molecular flexibility index (Phi) is 43.7. The summed E-state index contributed by atoms with van der Waals surface area (Å²) in [5, 5.41) is 0. The third-order valence-electron chi connectivity index (χ3n) is 12.1.